The molecule has 8 nitrogen and oxygen atoms in total. The lowest BCUT2D eigenvalue weighted by Gasteiger charge is -2.25. The van der Waals surface area contributed by atoms with Crippen LogP contribution in [0.5, 0.6) is 11.5 Å². The number of amides is 1. The fourth-order valence-corrected chi connectivity index (χ4v) is 4.33. The number of thiol groups is 1. The van der Waals surface area contributed by atoms with Crippen LogP contribution in [0.1, 0.15) is 42.3 Å². The molecule has 0 aliphatic rings. The quantitative estimate of drug-likeness (QED) is 0.106. The lowest BCUT2D eigenvalue weighted by atomic mass is 9.86. The van der Waals surface area contributed by atoms with Crippen LogP contribution in [0.2, 0.25) is 0 Å². The van der Waals surface area contributed by atoms with Crippen LogP contribution in [-0.4, -0.2) is 29.4 Å². The summed E-state index contributed by atoms with van der Waals surface area (Å²) < 4.78 is 26.5. The molecule has 0 radical (unpaired) electrons. The predicted octanol–water partition coefficient (Wildman–Crippen LogP) is 4.71. The summed E-state index contributed by atoms with van der Waals surface area (Å²) in [5.41, 5.74) is 8.10. The first-order valence-electron chi connectivity index (χ1n) is 10.1. The fourth-order valence-electron chi connectivity index (χ4n) is 2.96. The predicted molar refractivity (Wildman–Crippen MR) is 146 cm³/mol. The molecule has 0 saturated carbocycles. The highest BCUT2D eigenvalue weighted by atomic mass is 127. The molecule has 0 atom stereocenters. The van der Waals surface area contributed by atoms with Crippen molar-refractivity contribution < 1.29 is 18.5 Å². The van der Waals surface area contributed by atoms with Gasteiger partial charge in [0.15, 0.2) is 5.75 Å². The number of anilines is 2. The van der Waals surface area contributed by atoms with E-state index in [2.05, 4.69) is 10.0 Å². The maximum Gasteiger partial charge on any atom is 0.255 e. The summed E-state index contributed by atoms with van der Waals surface area (Å²) in [6.07, 6.45) is 4.13. The van der Waals surface area contributed by atoms with Gasteiger partial charge in [0.1, 0.15) is 5.75 Å². The molecule has 0 aromatic heterocycles. The average molecular weight is 586 g/mol. The van der Waals surface area contributed by atoms with Gasteiger partial charge in [0.05, 0.1) is 18.5 Å². The second-order valence-corrected chi connectivity index (χ2v) is 15.9. The van der Waals surface area contributed by atoms with Gasteiger partial charge in [-0.1, -0.05) is 26.8 Å². The van der Waals surface area contributed by atoms with Crippen molar-refractivity contribution in [1.29, 1.82) is 5.41 Å². The van der Waals surface area contributed by atoms with E-state index in [1.54, 1.807) is 24.5 Å². The summed E-state index contributed by atoms with van der Waals surface area (Å²) in [7, 11) is -1.17. The largest absolute Gasteiger partial charge is 0.492 e. The molecule has 1 amide bonds. The maximum atomic E-state index is 13.1. The Bertz CT molecular complexity index is 1140. The minimum Gasteiger partial charge on any atom is -0.492 e. The fraction of sp³-hybridized carbons (Fsp3) is 0.304. The Morgan fingerprint density at radius 3 is 2.39 bits per heavy atom. The van der Waals surface area contributed by atoms with E-state index in [4.69, 9.17) is 20.6 Å². The average Bonchev–Trinajstić information content (AvgIpc) is 2.67. The van der Waals surface area contributed by atoms with Crippen LogP contribution < -0.4 is 25.2 Å². The van der Waals surface area contributed by atoms with Gasteiger partial charge < -0.3 is 25.2 Å². The number of nitrogens with two attached hydrogens (primary N) is 1. The summed E-state index contributed by atoms with van der Waals surface area (Å²) in [4.78, 5) is 13.1. The second-order valence-electron chi connectivity index (χ2n) is 8.55. The van der Waals surface area contributed by atoms with Crippen molar-refractivity contribution >= 4 is 51.7 Å². The van der Waals surface area contributed by atoms with Gasteiger partial charge in [0.2, 0.25) is 5.90 Å². The Morgan fingerprint density at radius 1 is 1.21 bits per heavy atom. The smallest absolute Gasteiger partial charge is 0.255 e. The topological polar surface area (TPSA) is 127 Å². The number of hydrogen-bond donors (Lipinski definition) is 5. The summed E-state index contributed by atoms with van der Waals surface area (Å²) >= 11 is 1.87. The number of aryl methyl sites for hydroxylation is 1. The van der Waals surface area contributed by atoms with Crippen LogP contribution >= 0.6 is 21.2 Å². The number of methoxy groups -OCH3 is 1. The lowest BCUT2D eigenvalue weighted by molar-refractivity contribution is 0.102. The third-order valence-electron chi connectivity index (χ3n) is 4.65. The Kier molecular flexibility index (Phi) is 8.52. The number of carbonyl (C=O) groups excluding carboxylic acids is 1. The van der Waals surface area contributed by atoms with Crippen molar-refractivity contribution in [3.63, 3.8) is 0 Å². The number of ether oxygens (including phenoxy) is 2. The summed E-state index contributed by atoms with van der Waals surface area (Å²) in [6.45, 7) is 7.97. The van der Waals surface area contributed by atoms with Crippen molar-refractivity contribution in [1.82, 2.24) is 0 Å². The molecule has 33 heavy (non-hydrogen) atoms. The molecule has 0 aliphatic heterocycles. The van der Waals surface area contributed by atoms with Gasteiger partial charge in [0, 0.05) is 46.4 Å². The number of rotatable bonds is 7. The van der Waals surface area contributed by atoms with E-state index in [1.807, 2.05) is 61.0 Å². The molecular formula is C23H31IN4O4S. The van der Waals surface area contributed by atoms with Gasteiger partial charge in [-0.3, -0.25) is 14.4 Å². The van der Waals surface area contributed by atoms with Crippen LogP contribution in [0.3, 0.4) is 0 Å². The number of nitrogens with one attached hydrogen (secondary N) is 3. The Labute approximate surface area is 208 Å². The maximum absolute atomic E-state index is 13.1. The zero-order valence-corrected chi connectivity index (χ0v) is 22.6. The first kappa shape index (κ1) is 26.7. The molecule has 0 spiro atoms. The normalized spacial score (nSPS) is 12.3. The van der Waals surface area contributed by atoms with Crippen LogP contribution in [0.4, 0.5) is 11.4 Å². The highest BCUT2D eigenvalue weighted by Crippen LogP contribution is 2.40. The highest BCUT2D eigenvalue weighted by molar-refractivity contribution is 14.2. The molecule has 0 bridgehead atoms. The monoisotopic (exact) mass is 586 g/mol. The van der Waals surface area contributed by atoms with Gasteiger partial charge >= 0.3 is 0 Å². The van der Waals surface area contributed by atoms with Gasteiger partial charge in [0.25, 0.3) is 5.91 Å². The lowest BCUT2D eigenvalue weighted by Crippen LogP contribution is -2.19. The summed E-state index contributed by atoms with van der Waals surface area (Å²) in [5, 5.41) is 10.7. The zero-order valence-electron chi connectivity index (χ0n) is 19.6. The van der Waals surface area contributed by atoms with E-state index >= 15 is 0 Å². The molecule has 0 saturated heterocycles. The van der Waals surface area contributed by atoms with E-state index in [0.717, 1.165) is 11.1 Å². The van der Waals surface area contributed by atoms with E-state index < -0.39 is 7.29 Å². The second kappa shape index (κ2) is 10.6. The highest BCUT2D eigenvalue weighted by Gasteiger charge is 2.22. The molecule has 0 heterocycles. The van der Waals surface area contributed by atoms with Crippen molar-refractivity contribution in [2.24, 2.45) is 5.73 Å². The molecule has 2 aromatic carbocycles. The van der Waals surface area contributed by atoms with E-state index in [1.165, 1.54) is 19.4 Å². The van der Waals surface area contributed by atoms with Crippen LogP contribution in [-0.2, 0) is 12.7 Å². The third kappa shape index (κ3) is 7.46. The molecular weight excluding hydrogens is 555 g/mol. The molecule has 180 valence electrons. The van der Waals surface area contributed by atoms with Crippen molar-refractivity contribution in [3.8, 4) is 11.5 Å². The summed E-state index contributed by atoms with van der Waals surface area (Å²) in [6, 6.07) is 8.71. The minimum absolute atomic E-state index is 0.142. The van der Waals surface area contributed by atoms with Crippen LogP contribution in [0, 0.1) is 12.3 Å². The van der Waals surface area contributed by atoms with Crippen molar-refractivity contribution in [3.05, 3.63) is 59.3 Å². The van der Waals surface area contributed by atoms with Crippen molar-refractivity contribution in [2.75, 3.05) is 23.4 Å². The first-order chi connectivity index (χ1) is 15.2. The minimum atomic E-state index is -2.67. The number of hydrogen-bond acceptors (Lipinski definition) is 6. The Hall–Kier alpha value is -2.60. The van der Waals surface area contributed by atoms with E-state index in [9.17, 15) is 9.00 Å². The zero-order chi connectivity index (χ0) is 25.0. The Morgan fingerprint density at radius 2 is 1.85 bits per heavy atom. The Balaban J connectivity index is 2.49. The third-order valence-corrected chi connectivity index (χ3v) is 6.01. The molecule has 5 N–H and O–H groups in total. The van der Waals surface area contributed by atoms with E-state index in [-0.39, 0.29) is 17.2 Å². The van der Waals surface area contributed by atoms with Crippen molar-refractivity contribution in [2.45, 2.75) is 33.1 Å². The van der Waals surface area contributed by atoms with Crippen LogP contribution in [0.15, 0.2) is 42.6 Å². The standard InChI is InChI=1S/C23H31IN4O4S/c1-14-7-8-15(11-19(14)32-20(26)9-10-25)22(29)27-17-12-16(23(2,3)4)13-18(21(17)31-5)28-33(6,24)30/h7-13,26,33H,25H2,1-6H3,(H,27,29)(H,28,30)/b10-9-,26-20?. The van der Waals surface area contributed by atoms with E-state index in [0.29, 0.717) is 28.4 Å². The molecule has 0 unspecified atom stereocenters. The van der Waals surface area contributed by atoms with Crippen LogP contribution in [0.25, 0.3) is 0 Å². The molecule has 0 aliphatic carbocycles. The molecule has 2 rings (SSSR count). The van der Waals surface area contributed by atoms with Gasteiger partial charge in [-0.05, 0) is 53.9 Å². The summed E-state index contributed by atoms with van der Waals surface area (Å²) in [5.74, 6) is 0.232. The molecule has 2 aromatic rings. The molecule has 10 heteroatoms. The van der Waals surface area contributed by atoms with Gasteiger partial charge in [-0.15, -0.1) is 0 Å². The first-order valence-corrected chi connectivity index (χ1v) is 15.0. The van der Waals surface area contributed by atoms with Gasteiger partial charge in [-0.2, -0.15) is 0 Å². The number of carbonyl (C=O) groups is 1. The number of halogens is 1. The SMILES string of the molecule is COc1c(NC(=O)c2ccc(C)c(OC(=N)/C=C\N)c2)cc(C(C)(C)C)cc1N[SH](C)(=O)I. The number of benzene rings is 2. The molecule has 0 fully saturated rings. The van der Waals surface area contributed by atoms with Gasteiger partial charge in [-0.25, -0.2) is 0 Å².